The zero-order valence-corrected chi connectivity index (χ0v) is 15.8. The van der Waals surface area contributed by atoms with Gasteiger partial charge in [0, 0.05) is 29.6 Å². The molecule has 0 radical (unpaired) electrons. The number of hydrogen-bond donors (Lipinski definition) is 2. The number of ketones is 1. The van der Waals surface area contributed by atoms with Crippen LogP contribution in [0.2, 0.25) is 0 Å². The average Bonchev–Trinajstić information content (AvgIpc) is 3.00. The van der Waals surface area contributed by atoms with Crippen LogP contribution in [0.25, 0.3) is 10.9 Å². The highest BCUT2D eigenvalue weighted by Crippen LogP contribution is 2.27. The van der Waals surface area contributed by atoms with E-state index in [4.69, 9.17) is 9.84 Å². The smallest absolute Gasteiger partial charge is 0.325 e. The molecule has 0 saturated heterocycles. The van der Waals surface area contributed by atoms with Crippen molar-refractivity contribution in [3.63, 3.8) is 0 Å². The van der Waals surface area contributed by atoms with E-state index in [1.54, 1.807) is 50.4 Å². The number of fused-ring (bicyclic) bond motifs is 1. The number of carbonyl (C=O) groups is 2. The predicted molar refractivity (Wildman–Crippen MR) is 101 cm³/mol. The second-order valence-corrected chi connectivity index (χ2v) is 7.01. The van der Waals surface area contributed by atoms with Crippen molar-refractivity contribution in [1.29, 1.82) is 0 Å². The van der Waals surface area contributed by atoms with E-state index in [1.165, 1.54) is 11.8 Å². The Morgan fingerprint density at radius 3 is 2.64 bits per heavy atom. The third-order valence-electron chi connectivity index (χ3n) is 4.26. The van der Waals surface area contributed by atoms with E-state index in [2.05, 4.69) is 10.1 Å². The molecule has 1 aromatic carbocycles. The Morgan fingerprint density at radius 1 is 1.25 bits per heavy atom. The fourth-order valence-corrected chi connectivity index (χ4v) is 2.89. The largest absolute Gasteiger partial charge is 0.496 e. The van der Waals surface area contributed by atoms with Gasteiger partial charge < -0.3 is 14.9 Å². The Balaban J connectivity index is 1.92. The molecule has 146 valence electrons. The van der Waals surface area contributed by atoms with E-state index in [9.17, 15) is 14.7 Å². The van der Waals surface area contributed by atoms with Crippen molar-refractivity contribution in [1.82, 2.24) is 14.8 Å². The molecule has 0 spiro atoms. The first-order chi connectivity index (χ1) is 13.2. The molecular weight excluding hydrogens is 362 g/mol. The van der Waals surface area contributed by atoms with Crippen molar-refractivity contribution in [3.05, 3.63) is 53.5 Å². The molecule has 0 saturated carbocycles. The first-order valence-electron chi connectivity index (χ1n) is 8.66. The Labute approximate surface area is 161 Å². The van der Waals surface area contributed by atoms with E-state index >= 15 is 0 Å². The summed E-state index contributed by atoms with van der Waals surface area (Å²) in [5.74, 6) is -0.727. The maximum Gasteiger partial charge on any atom is 0.325 e. The van der Waals surface area contributed by atoms with Crippen molar-refractivity contribution < 1.29 is 24.5 Å². The van der Waals surface area contributed by atoms with Crippen LogP contribution >= 0.6 is 0 Å². The molecule has 2 N–H and O–H groups in total. The molecule has 0 unspecified atom stereocenters. The van der Waals surface area contributed by atoms with Crippen LogP contribution in [0.4, 0.5) is 0 Å². The van der Waals surface area contributed by atoms with Gasteiger partial charge in [0.2, 0.25) is 0 Å². The van der Waals surface area contributed by atoms with Gasteiger partial charge in [-0.25, -0.2) is 4.98 Å². The second kappa shape index (κ2) is 7.40. The van der Waals surface area contributed by atoms with Gasteiger partial charge in [-0.15, -0.1) is 0 Å². The number of aliphatic hydroxyl groups is 1. The van der Waals surface area contributed by atoms with Crippen LogP contribution in [-0.4, -0.2) is 43.8 Å². The summed E-state index contributed by atoms with van der Waals surface area (Å²) in [4.78, 5) is 27.9. The molecule has 0 aliphatic heterocycles. The van der Waals surface area contributed by atoms with Crippen molar-refractivity contribution in [3.8, 4) is 5.75 Å². The lowest BCUT2D eigenvalue weighted by molar-refractivity contribution is -0.137. The number of hydrogen-bond acceptors (Lipinski definition) is 6. The number of methoxy groups -OCH3 is 1. The molecule has 0 atom stereocenters. The van der Waals surface area contributed by atoms with Crippen molar-refractivity contribution in [2.24, 2.45) is 0 Å². The summed E-state index contributed by atoms with van der Waals surface area (Å²) in [6.07, 6.45) is 1.66. The Morgan fingerprint density at radius 2 is 2.00 bits per heavy atom. The summed E-state index contributed by atoms with van der Waals surface area (Å²) in [6, 6.07) is 8.39. The van der Waals surface area contributed by atoms with Crippen molar-refractivity contribution in [2.75, 3.05) is 7.11 Å². The molecule has 0 fully saturated rings. The zero-order valence-electron chi connectivity index (χ0n) is 15.8. The van der Waals surface area contributed by atoms with Gasteiger partial charge in [0.1, 0.15) is 23.6 Å². The van der Waals surface area contributed by atoms with E-state index in [0.717, 1.165) is 0 Å². The van der Waals surface area contributed by atoms with Crippen LogP contribution < -0.4 is 4.74 Å². The van der Waals surface area contributed by atoms with Gasteiger partial charge in [0.15, 0.2) is 5.78 Å². The Kier molecular flexibility index (Phi) is 5.15. The predicted octanol–water partition coefficient (Wildman–Crippen LogP) is 2.18. The number of aromatic nitrogens is 3. The third-order valence-corrected chi connectivity index (χ3v) is 4.26. The van der Waals surface area contributed by atoms with Gasteiger partial charge in [-0.05, 0) is 32.0 Å². The number of rotatable bonds is 7. The summed E-state index contributed by atoms with van der Waals surface area (Å²) in [5, 5.41) is 23.9. The van der Waals surface area contributed by atoms with Gasteiger partial charge in [0.25, 0.3) is 0 Å². The molecule has 2 heterocycles. The normalized spacial score (nSPS) is 11.6. The lowest BCUT2D eigenvalue weighted by Gasteiger charge is -2.17. The summed E-state index contributed by atoms with van der Waals surface area (Å²) in [7, 11) is 1.50. The standard InChI is InChI=1S/C20H21N3O5/c1-20(2,27)18-6-4-5-14(21-18)16(24)8-12-7-13-10-23(11-19(25)26)22-15(13)9-17(12)28-3/h4-7,9-10,27H,8,11H2,1-3H3,(H,25,26). The summed E-state index contributed by atoms with van der Waals surface area (Å²) < 4.78 is 6.71. The van der Waals surface area contributed by atoms with Crippen LogP contribution in [0.5, 0.6) is 5.75 Å². The lowest BCUT2D eigenvalue weighted by atomic mass is 10.0. The minimum atomic E-state index is -1.15. The molecule has 2 aromatic heterocycles. The molecule has 0 aliphatic rings. The highest BCUT2D eigenvalue weighted by molar-refractivity contribution is 5.97. The van der Waals surface area contributed by atoms with Crippen molar-refractivity contribution in [2.45, 2.75) is 32.4 Å². The molecule has 3 aromatic rings. The summed E-state index contributed by atoms with van der Waals surface area (Å²) in [5.41, 5.74) is 0.742. The quantitative estimate of drug-likeness (QED) is 0.601. The fourth-order valence-electron chi connectivity index (χ4n) is 2.89. The van der Waals surface area contributed by atoms with Gasteiger partial charge >= 0.3 is 5.97 Å². The minimum Gasteiger partial charge on any atom is -0.496 e. The summed E-state index contributed by atoms with van der Waals surface area (Å²) in [6.45, 7) is 2.96. The van der Waals surface area contributed by atoms with Gasteiger partial charge in [-0.2, -0.15) is 5.10 Å². The lowest BCUT2D eigenvalue weighted by Crippen LogP contribution is -2.19. The molecule has 8 nitrogen and oxygen atoms in total. The fraction of sp³-hybridized carbons (Fsp3) is 0.300. The van der Waals surface area contributed by atoms with Gasteiger partial charge in [-0.1, -0.05) is 6.07 Å². The van der Waals surface area contributed by atoms with Crippen molar-refractivity contribution >= 4 is 22.7 Å². The van der Waals surface area contributed by atoms with Crippen LogP contribution in [0, 0.1) is 0 Å². The monoisotopic (exact) mass is 383 g/mol. The van der Waals surface area contributed by atoms with Crippen LogP contribution in [0.3, 0.4) is 0 Å². The Hall–Kier alpha value is -3.26. The summed E-state index contributed by atoms with van der Waals surface area (Å²) >= 11 is 0. The number of pyridine rings is 1. The van der Waals surface area contributed by atoms with E-state index in [0.29, 0.717) is 27.9 Å². The Bertz CT molecular complexity index is 1050. The number of carboxylic acids is 1. The topological polar surface area (TPSA) is 115 Å². The molecule has 0 amide bonds. The first-order valence-corrected chi connectivity index (χ1v) is 8.66. The minimum absolute atomic E-state index is 0.0472. The third kappa shape index (κ3) is 4.17. The number of ether oxygens (including phenoxy) is 1. The number of Topliss-reactive ketones (excluding diaryl/α,β-unsaturated/α-hetero) is 1. The number of carbonyl (C=O) groups excluding carboxylic acids is 1. The van der Waals surface area contributed by atoms with Crippen LogP contribution in [0.15, 0.2) is 36.5 Å². The highest BCUT2D eigenvalue weighted by Gasteiger charge is 2.20. The first kappa shape index (κ1) is 19.5. The second-order valence-electron chi connectivity index (χ2n) is 7.01. The molecule has 3 rings (SSSR count). The van der Waals surface area contributed by atoms with E-state index in [1.807, 2.05) is 0 Å². The van der Waals surface area contributed by atoms with Crippen LogP contribution in [0.1, 0.15) is 35.6 Å². The SMILES string of the molecule is COc1cc2nn(CC(=O)O)cc2cc1CC(=O)c1cccc(C(C)(C)O)n1. The molecule has 0 aliphatic carbocycles. The highest BCUT2D eigenvalue weighted by atomic mass is 16.5. The molecule has 8 heteroatoms. The molecule has 28 heavy (non-hydrogen) atoms. The average molecular weight is 383 g/mol. The van der Waals surface area contributed by atoms with Crippen LogP contribution in [-0.2, 0) is 23.4 Å². The number of carboxylic acid groups (broad SMARTS) is 1. The van der Waals surface area contributed by atoms with E-state index < -0.39 is 11.6 Å². The maximum atomic E-state index is 12.7. The maximum absolute atomic E-state index is 12.7. The number of benzene rings is 1. The number of nitrogens with zero attached hydrogens (tertiary/aromatic N) is 3. The van der Waals surface area contributed by atoms with Gasteiger partial charge in [-0.3, -0.25) is 14.3 Å². The molecular formula is C20H21N3O5. The zero-order chi connectivity index (χ0) is 20.5. The van der Waals surface area contributed by atoms with E-state index in [-0.39, 0.29) is 24.4 Å². The number of aliphatic carboxylic acids is 1. The van der Waals surface area contributed by atoms with Gasteiger partial charge in [0.05, 0.1) is 18.3 Å². The molecule has 0 bridgehead atoms.